The van der Waals surface area contributed by atoms with Crippen LogP contribution in [0.4, 0.5) is 0 Å². The maximum Gasteiger partial charge on any atom is 0.315 e. The molecule has 20 nitrogen and oxygen atoms in total. The third-order valence-electron chi connectivity index (χ3n) is 19.5. The van der Waals surface area contributed by atoms with Crippen molar-refractivity contribution in [1.29, 1.82) is 0 Å². The molecule has 68 heavy (non-hydrogen) atoms. The van der Waals surface area contributed by atoms with E-state index in [1.165, 1.54) is 7.11 Å². The summed E-state index contributed by atoms with van der Waals surface area (Å²) in [6.07, 6.45) is -14.8. The maximum atomic E-state index is 14.8. The Morgan fingerprint density at radius 1 is 0.662 bits per heavy atom. The summed E-state index contributed by atoms with van der Waals surface area (Å²) in [6, 6.07) is 0. The molecule has 24 atom stereocenters. The number of carbonyl (C=O) groups is 2. The van der Waals surface area contributed by atoms with Gasteiger partial charge in [-0.25, -0.2) is 0 Å². The average Bonchev–Trinajstić information content (AvgIpc) is 3.32. The number of ether oxygens (including phenoxy) is 7. The van der Waals surface area contributed by atoms with Gasteiger partial charge in [-0.3, -0.25) is 9.59 Å². The first kappa shape index (κ1) is 52.4. The predicted molar refractivity (Wildman–Crippen MR) is 232 cm³/mol. The molecule has 0 aromatic carbocycles. The average molecular weight is 973 g/mol. The van der Waals surface area contributed by atoms with Gasteiger partial charge in [-0.15, -0.1) is 0 Å². The molecule has 11 N–H and O–H groups in total. The zero-order chi connectivity index (χ0) is 49.7. The van der Waals surface area contributed by atoms with E-state index in [0.717, 1.165) is 12.0 Å². The number of hydrogen-bond donors (Lipinski definition) is 11. The van der Waals surface area contributed by atoms with Crippen molar-refractivity contribution in [3.63, 3.8) is 0 Å². The summed E-state index contributed by atoms with van der Waals surface area (Å²) >= 11 is 0. The molecular formula is C48H76O20. The first-order chi connectivity index (χ1) is 31.9. The number of methoxy groups -OCH3 is 1. The Morgan fingerprint density at radius 2 is 1.26 bits per heavy atom. The lowest BCUT2D eigenvalue weighted by molar-refractivity contribution is -0.352. The molecule has 4 saturated carbocycles. The minimum absolute atomic E-state index is 0.0585. The van der Waals surface area contributed by atoms with Crippen molar-refractivity contribution in [2.45, 2.75) is 191 Å². The topological polar surface area (TPSA) is 321 Å². The monoisotopic (exact) mass is 972 g/mol. The molecule has 3 heterocycles. The highest BCUT2D eigenvalue weighted by molar-refractivity contribution is 5.81. The molecule has 8 aliphatic rings. The fourth-order valence-corrected chi connectivity index (χ4v) is 15.0. The number of fused-ring (bicyclic) bond motifs is 7. The van der Waals surface area contributed by atoms with Crippen LogP contribution in [0.15, 0.2) is 11.6 Å². The van der Waals surface area contributed by atoms with E-state index in [1.807, 2.05) is 13.8 Å². The molecule has 0 amide bonds. The van der Waals surface area contributed by atoms with Crippen molar-refractivity contribution in [2.75, 3.05) is 33.5 Å². The van der Waals surface area contributed by atoms with Crippen LogP contribution in [0.3, 0.4) is 0 Å². The van der Waals surface area contributed by atoms with Gasteiger partial charge in [0.1, 0.15) is 67.1 Å². The highest BCUT2D eigenvalue weighted by Crippen LogP contribution is 2.76. The van der Waals surface area contributed by atoms with Gasteiger partial charge in [0.2, 0.25) is 6.29 Å². The molecule has 0 aromatic rings. The summed E-state index contributed by atoms with van der Waals surface area (Å²) < 4.78 is 40.5. The van der Waals surface area contributed by atoms with Gasteiger partial charge < -0.3 is 89.3 Å². The van der Waals surface area contributed by atoms with E-state index in [4.69, 9.17) is 33.2 Å². The zero-order valence-electron chi connectivity index (χ0n) is 40.0. The normalized spacial score (nSPS) is 53.7. The van der Waals surface area contributed by atoms with Crippen LogP contribution in [0, 0.1) is 50.2 Å². The Labute approximate surface area is 396 Å². The number of esters is 2. The second-order valence-corrected chi connectivity index (χ2v) is 22.7. The summed E-state index contributed by atoms with van der Waals surface area (Å²) in [4.78, 5) is 28.3. The third-order valence-corrected chi connectivity index (χ3v) is 19.5. The number of aliphatic hydroxyl groups is 11. The van der Waals surface area contributed by atoms with Crippen LogP contribution in [0.5, 0.6) is 0 Å². The van der Waals surface area contributed by atoms with E-state index in [1.54, 1.807) is 0 Å². The van der Waals surface area contributed by atoms with Crippen molar-refractivity contribution in [3.05, 3.63) is 11.6 Å². The molecule has 0 radical (unpaired) electrons. The second kappa shape index (κ2) is 18.8. The van der Waals surface area contributed by atoms with Crippen LogP contribution >= 0.6 is 0 Å². The molecular weight excluding hydrogens is 897 g/mol. The zero-order valence-corrected chi connectivity index (χ0v) is 40.0. The molecule has 388 valence electrons. The van der Waals surface area contributed by atoms with Crippen LogP contribution in [-0.2, 0) is 42.7 Å². The van der Waals surface area contributed by atoms with Crippen molar-refractivity contribution >= 4 is 11.9 Å². The summed E-state index contributed by atoms with van der Waals surface area (Å²) in [6.45, 7) is 8.87. The SMILES string of the molecule is COC(=O)[C@@]1(C)CC[C@]2(C(=O)O[C@@H]3O[C@H](CO)[C@@H](O)[C@H](O)[C@H]3O)CC[C@]3(C)C(=CC[C@@H]4[C@@]5(C)CC[C@H](O[C@@H]6OC[C@@H](OC7O[C@H](CO)[C@@H](O)[C@H](O)[C@H]7O)[C@H](O)[C@H]6O)[C@@](C)(CO)[C@@H]5CC[C@]43C)[C@@H]2C1. The summed E-state index contributed by atoms with van der Waals surface area (Å²) in [5.74, 6) is -1.43. The van der Waals surface area contributed by atoms with E-state index >= 15 is 0 Å². The van der Waals surface area contributed by atoms with Crippen molar-refractivity contribution in [2.24, 2.45) is 50.2 Å². The number of aliphatic hydroxyl groups excluding tert-OH is 11. The summed E-state index contributed by atoms with van der Waals surface area (Å²) in [5, 5.41) is 116. The number of allylic oxidation sites excluding steroid dienone is 2. The van der Waals surface area contributed by atoms with E-state index < -0.39 is 139 Å². The standard InChI is InChI=1S/C48H76O20/c1-43(41(60)62-6)13-15-48(42(61)68-40-37(59)34(56)31(53)25(19-50)65-40)16-14-46(4)22(23(48)17-43)7-8-28-44(2)11-10-29(45(3,21-51)27(44)9-12-47(28,46)5)67-38-35(57)32(54)26(20-63-38)66-39-36(58)33(55)30(52)24(18-49)64-39/h7,23-40,49-59H,8-21H2,1-6H3/t23-,24+,25+,26+,27+,28+,29-,30+,31+,32-,33-,34-,35+,36+,37+,38-,39?,40-,43-,44-,45-,46+,47+,48-/m0/s1. The van der Waals surface area contributed by atoms with Gasteiger partial charge >= 0.3 is 11.9 Å². The van der Waals surface area contributed by atoms with Crippen LogP contribution in [0.2, 0.25) is 0 Å². The van der Waals surface area contributed by atoms with Crippen LogP contribution < -0.4 is 0 Å². The molecule has 0 bridgehead atoms. The van der Waals surface area contributed by atoms with Crippen LogP contribution in [-0.4, -0.2) is 194 Å². The Kier molecular flexibility index (Phi) is 14.5. The highest BCUT2D eigenvalue weighted by Gasteiger charge is 2.71. The predicted octanol–water partition coefficient (Wildman–Crippen LogP) is -1.09. The molecule has 8 rings (SSSR count). The summed E-state index contributed by atoms with van der Waals surface area (Å²) in [7, 11) is 1.35. The lowest BCUT2D eigenvalue weighted by atomic mass is 9.33. The van der Waals surface area contributed by atoms with Crippen molar-refractivity contribution in [1.82, 2.24) is 0 Å². The Balaban J connectivity index is 1.02. The van der Waals surface area contributed by atoms with Gasteiger partial charge in [0.25, 0.3) is 0 Å². The number of rotatable bonds is 10. The minimum atomic E-state index is -1.77. The molecule has 0 spiro atoms. The largest absolute Gasteiger partial charge is 0.469 e. The molecule has 3 aliphatic heterocycles. The molecule has 7 fully saturated rings. The van der Waals surface area contributed by atoms with Crippen molar-refractivity contribution < 1.29 is 98.9 Å². The first-order valence-corrected chi connectivity index (χ1v) is 24.5. The van der Waals surface area contributed by atoms with E-state index in [0.29, 0.717) is 51.4 Å². The lowest BCUT2D eigenvalue weighted by Crippen LogP contribution is -2.67. The van der Waals surface area contributed by atoms with Gasteiger partial charge in [0.15, 0.2) is 12.6 Å². The Bertz CT molecular complexity index is 1880. The lowest BCUT2D eigenvalue weighted by Gasteiger charge is -2.71. The van der Waals surface area contributed by atoms with E-state index in [9.17, 15) is 65.8 Å². The van der Waals surface area contributed by atoms with Gasteiger partial charge in [-0.2, -0.15) is 0 Å². The third kappa shape index (κ3) is 7.94. The van der Waals surface area contributed by atoms with Crippen LogP contribution in [0.1, 0.15) is 98.8 Å². The Morgan fingerprint density at radius 3 is 1.88 bits per heavy atom. The van der Waals surface area contributed by atoms with Gasteiger partial charge in [-0.1, -0.05) is 39.3 Å². The maximum absolute atomic E-state index is 14.8. The highest BCUT2D eigenvalue weighted by atomic mass is 16.7. The second-order valence-electron chi connectivity index (χ2n) is 22.7. The van der Waals surface area contributed by atoms with E-state index in [2.05, 4.69) is 26.8 Å². The van der Waals surface area contributed by atoms with Crippen molar-refractivity contribution in [3.8, 4) is 0 Å². The molecule has 3 saturated heterocycles. The van der Waals surface area contributed by atoms with Gasteiger partial charge in [0.05, 0.1) is 50.5 Å². The van der Waals surface area contributed by atoms with Gasteiger partial charge in [0, 0.05) is 5.41 Å². The smallest absolute Gasteiger partial charge is 0.315 e. The summed E-state index contributed by atoms with van der Waals surface area (Å²) in [5.41, 5.74) is -2.89. The number of hydrogen-bond acceptors (Lipinski definition) is 20. The quantitative estimate of drug-likeness (QED) is 0.0704. The molecule has 20 heteroatoms. The van der Waals surface area contributed by atoms with Gasteiger partial charge in [-0.05, 0) is 105 Å². The first-order valence-electron chi connectivity index (χ1n) is 24.5. The van der Waals surface area contributed by atoms with Crippen LogP contribution in [0.25, 0.3) is 0 Å². The molecule has 1 unspecified atom stereocenters. The number of carbonyl (C=O) groups excluding carboxylic acids is 2. The fraction of sp³-hybridized carbons (Fsp3) is 0.917. The minimum Gasteiger partial charge on any atom is -0.469 e. The Hall–Kier alpha value is -1.96. The molecule has 0 aromatic heterocycles. The molecule has 5 aliphatic carbocycles. The van der Waals surface area contributed by atoms with E-state index in [-0.39, 0.29) is 48.3 Å². The fourth-order valence-electron chi connectivity index (χ4n) is 15.0.